The van der Waals surface area contributed by atoms with Gasteiger partial charge in [-0.2, -0.15) is 11.3 Å². The summed E-state index contributed by atoms with van der Waals surface area (Å²) < 4.78 is 31.7. The molecular formula is C13H20N2O4S2. The first-order valence-corrected chi connectivity index (χ1v) is 9.56. The van der Waals surface area contributed by atoms with E-state index in [4.69, 9.17) is 4.74 Å². The van der Waals surface area contributed by atoms with Crippen LogP contribution in [0.15, 0.2) is 16.8 Å². The molecule has 1 amide bonds. The lowest BCUT2D eigenvalue weighted by molar-refractivity contribution is 0.0200. The number of hydrogen-bond acceptors (Lipinski definition) is 5. The molecule has 0 bridgehead atoms. The molecule has 1 aliphatic heterocycles. The van der Waals surface area contributed by atoms with Gasteiger partial charge in [0, 0.05) is 30.6 Å². The molecule has 118 valence electrons. The third-order valence-corrected chi connectivity index (χ3v) is 5.28. The van der Waals surface area contributed by atoms with Crippen molar-refractivity contribution in [3.05, 3.63) is 22.4 Å². The lowest BCUT2D eigenvalue weighted by atomic mass is 10.1. The minimum atomic E-state index is -3.39. The van der Waals surface area contributed by atoms with Gasteiger partial charge in [0.1, 0.15) is 0 Å². The van der Waals surface area contributed by atoms with Crippen LogP contribution in [0, 0.1) is 0 Å². The van der Waals surface area contributed by atoms with Gasteiger partial charge in [-0.05, 0) is 30.7 Å². The molecule has 2 heterocycles. The Labute approximate surface area is 128 Å². The number of hydrogen-bond donors (Lipinski definition) is 2. The molecule has 0 aromatic carbocycles. The van der Waals surface area contributed by atoms with E-state index in [0.29, 0.717) is 18.7 Å². The average Bonchev–Trinajstić information content (AvgIpc) is 3.00. The second-order valence-corrected chi connectivity index (χ2v) is 7.63. The van der Waals surface area contributed by atoms with Crippen molar-refractivity contribution in [2.45, 2.75) is 25.4 Å². The molecule has 6 nitrogen and oxygen atoms in total. The van der Waals surface area contributed by atoms with E-state index in [0.717, 1.165) is 19.3 Å². The molecule has 1 aliphatic rings. The molecule has 0 spiro atoms. The van der Waals surface area contributed by atoms with Gasteiger partial charge >= 0.3 is 0 Å². The number of rotatable bonds is 7. The zero-order chi connectivity index (χ0) is 15.1. The largest absolute Gasteiger partial charge is 0.377 e. The summed E-state index contributed by atoms with van der Waals surface area (Å²) in [5, 5.41) is 6.12. The van der Waals surface area contributed by atoms with Gasteiger partial charge in [0.05, 0.1) is 11.9 Å². The maximum Gasteiger partial charge on any atom is 0.252 e. The number of ether oxygens (including phenoxy) is 1. The molecular weight excluding hydrogens is 312 g/mol. The summed E-state index contributed by atoms with van der Waals surface area (Å²) in [6, 6.07) is 1.70. The Hall–Kier alpha value is -0.960. The van der Waals surface area contributed by atoms with Crippen LogP contribution in [-0.2, 0) is 14.8 Å². The number of nitrogens with one attached hydrogen (secondary N) is 2. The Kier molecular flexibility index (Phi) is 6.16. The summed E-state index contributed by atoms with van der Waals surface area (Å²) in [7, 11) is -3.39. The van der Waals surface area contributed by atoms with Crippen LogP contribution in [0.3, 0.4) is 0 Å². The topological polar surface area (TPSA) is 84.5 Å². The fraction of sp³-hybridized carbons (Fsp3) is 0.615. The molecule has 0 unspecified atom stereocenters. The Balaban J connectivity index is 1.67. The molecule has 0 saturated carbocycles. The number of thiophene rings is 1. The van der Waals surface area contributed by atoms with Crippen LogP contribution < -0.4 is 10.0 Å². The van der Waals surface area contributed by atoms with Gasteiger partial charge < -0.3 is 10.1 Å². The summed E-state index contributed by atoms with van der Waals surface area (Å²) in [6.07, 6.45) is 2.96. The standard InChI is InChI=1S/C13H20N2O4S2/c16-13(11-4-7-20-10-11)14-5-8-21(17,18)15-9-12-3-1-2-6-19-12/h4,7,10,12,15H,1-3,5-6,8-9H2,(H,14,16)/t12-/m0/s1. The lowest BCUT2D eigenvalue weighted by Crippen LogP contribution is -2.39. The van der Waals surface area contributed by atoms with Crippen LogP contribution in [-0.4, -0.2) is 45.9 Å². The lowest BCUT2D eigenvalue weighted by Gasteiger charge is -2.22. The van der Waals surface area contributed by atoms with Crippen LogP contribution in [0.2, 0.25) is 0 Å². The number of carbonyl (C=O) groups is 1. The molecule has 2 rings (SSSR count). The van der Waals surface area contributed by atoms with Gasteiger partial charge in [-0.3, -0.25) is 4.79 Å². The normalized spacial score (nSPS) is 19.3. The monoisotopic (exact) mass is 332 g/mol. The highest BCUT2D eigenvalue weighted by Crippen LogP contribution is 2.11. The first kappa shape index (κ1) is 16.4. The fourth-order valence-electron chi connectivity index (χ4n) is 2.06. The van der Waals surface area contributed by atoms with E-state index in [1.54, 1.807) is 16.8 Å². The van der Waals surface area contributed by atoms with E-state index in [1.165, 1.54) is 11.3 Å². The highest BCUT2D eigenvalue weighted by atomic mass is 32.2. The molecule has 1 atom stereocenters. The summed E-state index contributed by atoms with van der Waals surface area (Å²) in [6.45, 7) is 1.10. The number of carbonyl (C=O) groups excluding carboxylic acids is 1. The Morgan fingerprint density at radius 1 is 1.43 bits per heavy atom. The second-order valence-electron chi connectivity index (χ2n) is 4.92. The molecule has 0 radical (unpaired) electrons. The van der Waals surface area contributed by atoms with Gasteiger partial charge in [0.25, 0.3) is 5.91 Å². The predicted molar refractivity (Wildman–Crippen MR) is 82.0 cm³/mol. The molecule has 8 heteroatoms. The van der Waals surface area contributed by atoms with Crippen molar-refractivity contribution in [2.75, 3.05) is 25.4 Å². The van der Waals surface area contributed by atoms with Crippen LogP contribution in [0.1, 0.15) is 29.6 Å². The maximum absolute atomic E-state index is 11.8. The minimum Gasteiger partial charge on any atom is -0.377 e. The van der Waals surface area contributed by atoms with Gasteiger partial charge in [0.2, 0.25) is 10.0 Å². The summed E-state index contributed by atoms with van der Waals surface area (Å²) in [5.74, 6) is -0.377. The van der Waals surface area contributed by atoms with E-state index in [1.807, 2.05) is 0 Å². The van der Waals surface area contributed by atoms with Crippen LogP contribution in [0.25, 0.3) is 0 Å². The van der Waals surface area contributed by atoms with Gasteiger partial charge in [0.15, 0.2) is 0 Å². The maximum atomic E-state index is 11.8. The van der Waals surface area contributed by atoms with E-state index < -0.39 is 10.0 Å². The summed E-state index contributed by atoms with van der Waals surface area (Å²) in [4.78, 5) is 11.7. The Morgan fingerprint density at radius 3 is 2.95 bits per heavy atom. The Morgan fingerprint density at radius 2 is 2.29 bits per heavy atom. The van der Waals surface area contributed by atoms with Crippen LogP contribution in [0.4, 0.5) is 0 Å². The first-order valence-electron chi connectivity index (χ1n) is 6.96. The van der Waals surface area contributed by atoms with Crippen molar-refractivity contribution in [1.82, 2.24) is 10.0 Å². The quantitative estimate of drug-likeness (QED) is 0.779. The van der Waals surface area contributed by atoms with Crippen LogP contribution in [0.5, 0.6) is 0 Å². The number of amides is 1. The highest BCUT2D eigenvalue weighted by Gasteiger charge is 2.17. The third-order valence-electron chi connectivity index (χ3n) is 3.24. The van der Waals surface area contributed by atoms with Crippen molar-refractivity contribution in [1.29, 1.82) is 0 Å². The third kappa shape index (κ3) is 5.74. The van der Waals surface area contributed by atoms with E-state index >= 15 is 0 Å². The molecule has 1 saturated heterocycles. The summed E-state index contributed by atoms with van der Waals surface area (Å²) in [5.41, 5.74) is 0.556. The zero-order valence-corrected chi connectivity index (χ0v) is 13.3. The van der Waals surface area contributed by atoms with Crippen molar-refractivity contribution >= 4 is 27.3 Å². The van der Waals surface area contributed by atoms with Crippen molar-refractivity contribution in [2.24, 2.45) is 0 Å². The van der Waals surface area contributed by atoms with Gasteiger partial charge in [-0.25, -0.2) is 13.1 Å². The molecule has 1 aromatic heterocycles. The smallest absolute Gasteiger partial charge is 0.252 e. The Bertz CT molecular complexity index is 537. The van der Waals surface area contributed by atoms with Crippen LogP contribution >= 0.6 is 11.3 Å². The molecule has 0 aliphatic carbocycles. The summed E-state index contributed by atoms with van der Waals surface area (Å²) >= 11 is 1.43. The van der Waals surface area contributed by atoms with E-state index in [2.05, 4.69) is 10.0 Å². The fourth-order valence-corrected chi connectivity index (χ4v) is 3.65. The van der Waals surface area contributed by atoms with E-state index in [-0.39, 0.29) is 24.3 Å². The zero-order valence-electron chi connectivity index (χ0n) is 11.7. The molecule has 21 heavy (non-hydrogen) atoms. The molecule has 2 N–H and O–H groups in total. The SMILES string of the molecule is O=C(NCCS(=O)(=O)NC[C@@H]1CCCCO1)c1ccsc1. The first-order chi connectivity index (χ1) is 10.1. The van der Waals surface area contributed by atoms with Crippen molar-refractivity contribution < 1.29 is 17.9 Å². The molecule has 1 aromatic rings. The highest BCUT2D eigenvalue weighted by molar-refractivity contribution is 7.89. The van der Waals surface area contributed by atoms with Crippen molar-refractivity contribution in [3.8, 4) is 0 Å². The minimum absolute atomic E-state index is 0.0334. The van der Waals surface area contributed by atoms with E-state index in [9.17, 15) is 13.2 Å². The van der Waals surface area contributed by atoms with Crippen molar-refractivity contribution in [3.63, 3.8) is 0 Å². The van der Waals surface area contributed by atoms with Gasteiger partial charge in [-0.1, -0.05) is 0 Å². The molecule has 1 fully saturated rings. The predicted octanol–water partition coefficient (Wildman–Crippen LogP) is 0.966. The van der Waals surface area contributed by atoms with Gasteiger partial charge in [-0.15, -0.1) is 0 Å². The second kappa shape index (κ2) is 7.88. The number of sulfonamides is 1. The average molecular weight is 332 g/mol.